The van der Waals surface area contributed by atoms with E-state index in [2.05, 4.69) is 41.7 Å². The van der Waals surface area contributed by atoms with Crippen LogP contribution >= 0.6 is 15.9 Å². The molecule has 0 bridgehead atoms. The second-order valence-electron chi connectivity index (χ2n) is 9.55. The van der Waals surface area contributed by atoms with Crippen molar-refractivity contribution in [2.24, 2.45) is 10.4 Å². The second kappa shape index (κ2) is 13.4. The van der Waals surface area contributed by atoms with Gasteiger partial charge in [0.2, 0.25) is 0 Å². The van der Waals surface area contributed by atoms with Gasteiger partial charge in [-0.2, -0.15) is 0 Å². The molecule has 1 aromatic carbocycles. The molecule has 0 unspecified atom stereocenters. The van der Waals surface area contributed by atoms with Crippen molar-refractivity contribution in [3.8, 4) is 0 Å². The maximum atomic E-state index is 13.6. The number of hydrogen-bond donors (Lipinski definition) is 1. The summed E-state index contributed by atoms with van der Waals surface area (Å²) in [7, 11) is 0. The van der Waals surface area contributed by atoms with E-state index in [9.17, 15) is 9.18 Å². The first kappa shape index (κ1) is 28.9. The molecule has 1 fully saturated rings. The van der Waals surface area contributed by atoms with Crippen LogP contribution in [0, 0.1) is 18.2 Å². The number of hydrogen-bond acceptors (Lipinski definition) is 3. The first-order valence-electron chi connectivity index (χ1n) is 10.9. The Morgan fingerprint density at radius 2 is 1.80 bits per heavy atom. The molecule has 0 atom stereocenters. The van der Waals surface area contributed by atoms with Crippen LogP contribution < -0.4 is 0 Å². The molecule has 1 aliphatic rings. The van der Waals surface area contributed by atoms with Crippen molar-refractivity contribution in [2.75, 3.05) is 0 Å². The number of aliphatic hydroxyl groups is 1. The average molecular weight is 487 g/mol. The van der Waals surface area contributed by atoms with Gasteiger partial charge in [-0.05, 0) is 70.1 Å². The first-order valence-corrected chi connectivity index (χ1v) is 11.7. The topological polar surface area (TPSA) is 49.7 Å². The van der Waals surface area contributed by atoms with Crippen molar-refractivity contribution in [3.63, 3.8) is 0 Å². The summed E-state index contributed by atoms with van der Waals surface area (Å²) >= 11 is 3.26. The summed E-state index contributed by atoms with van der Waals surface area (Å²) in [6.45, 7) is 15.6. The molecular weight excluding hydrogens is 445 g/mol. The van der Waals surface area contributed by atoms with E-state index >= 15 is 0 Å². The van der Waals surface area contributed by atoms with Crippen LogP contribution in [-0.4, -0.2) is 22.2 Å². The van der Waals surface area contributed by atoms with Gasteiger partial charge >= 0.3 is 0 Å². The molecule has 0 radical (unpaired) electrons. The highest BCUT2D eigenvalue weighted by Gasteiger charge is 2.25. The quantitative estimate of drug-likeness (QED) is 0.413. The molecule has 0 saturated heterocycles. The zero-order valence-corrected chi connectivity index (χ0v) is 21.7. The first-order chi connectivity index (χ1) is 13.7. The van der Waals surface area contributed by atoms with E-state index in [1.165, 1.54) is 25.3 Å². The van der Waals surface area contributed by atoms with Gasteiger partial charge in [0, 0.05) is 23.0 Å². The van der Waals surface area contributed by atoms with E-state index in [0.717, 1.165) is 34.0 Å². The zero-order valence-electron chi connectivity index (χ0n) is 20.2. The number of aliphatic imine (C=N–C) groups is 1. The van der Waals surface area contributed by atoms with Crippen LogP contribution in [0.1, 0.15) is 99.0 Å². The summed E-state index contributed by atoms with van der Waals surface area (Å²) in [5, 5.41) is 9.10. The Morgan fingerprint density at radius 3 is 2.10 bits per heavy atom. The van der Waals surface area contributed by atoms with Crippen LogP contribution in [0.25, 0.3) is 0 Å². The number of rotatable bonds is 6. The Hall–Kier alpha value is -1.07. The van der Waals surface area contributed by atoms with E-state index in [-0.39, 0.29) is 18.0 Å². The van der Waals surface area contributed by atoms with Crippen LogP contribution in [0.15, 0.2) is 21.6 Å². The van der Waals surface area contributed by atoms with Gasteiger partial charge in [0.05, 0.1) is 5.60 Å². The lowest BCUT2D eigenvalue weighted by Crippen LogP contribution is -2.22. The van der Waals surface area contributed by atoms with Crippen molar-refractivity contribution in [3.05, 3.63) is 28.0 Å². The van der Waals surface area contributed by atoms with Gasteiger partial charge in [-0.1, -0.05) is 56.5 Å². The van der Waals surface area contributed by atoms with E-state index in [1.807, 2.05) is 19.9 Å². The molecule has 1 saturated carbocycles. The van der Waals surface area contributed by atoms with Crippen LogP contribution in [-0.2, 0) is 4.79 Å². The fourth-order valence-corrected chi connectivity index (χ4v) is 3.48. The third kappa shape index (κ3) is 13.3. The SMILES string of the molecule is CC1(C)CCC1.CCC(=O)CC(C)(C)O.CCCC(C)=Nc1c(C)cc(Br)cc1F. The van der Waals surface area contributed by atoms with E-state index in [0.29, 0.717) is 12.1 Å². The molecule has 172 valence electrons. The van der Waals surface area contributed by atoms with Gasteiger partial charge in [0.1, 0.15) is 17.3 Å². The molecule has 30 heavy (non-hydrogen) atoms. The number of ketones is 1. The number of carbonyl (C=O) groups is 1. The van der Waals surface area contributed by atoms with Gasteiger partial charge < -0.3 is 5.11 Å². The zero-order chi connectivity index (χ0) is 23.5. The molecule has 0 aromatic heterocycles. The summed E-state index contributed by atoms with van der Waals surface area (Å²) < 4.78 is 14.3. The summed E-state index contributed by atoms with van der Waals surface area (Å²) in [4.78, 5) is 15.0. The molecule has 2 rings (SSSR count). The Labute approximate surface area is 191 Å². The van der Waals surface area contributed by atoms with Gasteiger partial charge in [0.25, 0.3) is 0 Å². The minimum Gasteiger partial charge on any atom is -0.390 e. The molecule has 5 heteroatoms. The minimum absolute atomic E-state index is 0.113. The van der Waals surface area contributed by atoms with Crippen LogP contribution in [0.4, 0.5) is 10.1 Å². The van der Waals surface area contributed by atoms with Crippen molar-refractivity contribution < 1.29 is 14.3 Å². The molecule has 0 heterocycles. The van der Waals surface area contributed by atoms with Crippen molar-refractivity contribution >= 4 is 33.1 Å². The summed E-state index contributed by atoms with van der Waals surface area (Å²) in [6, 6.07) is 3.33. The predicted molar refractivity (Wildman–Crippen MR) is 130 cm³/mol. The van der Waals surface area contributed by atoms with Crippen molar-refractivity contribution in [1.82, 2.24) is 0 Å². The molecule has 1 N–H and O–H groups in total. The molecule has 0 amide bonds. The maximum Gasteiger partial charge on any atom is 0.150 e. The largest absolute Gasteiger partial charge is 0.390 e. The van der Waals surface area contributed by atoms with Gasteiger partial charge in [-0.25, -0.2) is 4.39 Å². The number of Topliss-reactive ketones (excluding diaryl/α,β-unsaturated/α-hetero) is 1. The summed E-state index contributed by atoms with van der Waals surface area (Å²) in [5.74, 6) is -0.153. The highest BCUT2D eigenvalue weighted by Crippen LogP contribution is 2.38. The third-order valence-electron chi connectivity index (χ3n) is 4.86. The number of benzene rings is 1. The monoisotopic (exact) mass is 485 g/mol. The lowest BCUT2D eigenvalue weighted by atomic mass is 9.72. The standard InChI is InChI=1S/C12H15BrFN.C7H14O2.C6H12/c1-4-5-9(3)15-12-8(2)6-10(13)7-11(12)14;1-4-6(8)5-7(2,3)9;1-6(2)4-3-5-6/h6-7H,4-5H2,1-3H3;9H,4-5H2,1-3H3;3-5H2,1-2H3. The second-order valence-corrected chi connectivity index (χ2v) is 10.5. The molecular formula is C25H41BrFNO2. The predicted octanol–water partition coefficient (Wildman–Crippen LogP) is 8.11. The number of nitrogens with zero attached hydrogens (tertiary/aromatic N) is 1. The third-order valence-corrected chi connectivity index (χ3v) is 5.32. The highest BCUT2D eigenvalue weighted by atomic mass is 79.9. The normalized spacial score (nSPS) is 15.2. The molecule has 1 aromatic rings. The van der Waals surface area contributed by atoms with Crippen LogP contribution in [0.2, 0.25) is 0 Å². The van der Waals surface area contributed by atoms with Gasteiger partial charge in [0.15, 0.2) is 0 Å². The smallest absolute Gasteiger partial charge is 0.150 e. The number of aryl methyl sites for hydroxylation is 1. The Bertz CT molecular complexity index is 677. The van der Waals surface area contributed by atoms with Gasteiger partial charge in [-0.3, -0.25) is 9.79 Å². The van der Waals surface area contributed by atoms with Crippen molar-refractivity contribution in [2.45, 2.75) is 106 Å². The molecule has 1 aliphatic carbocycles. The maximum absolute atomic E-state index is 13.6. The number of halogens is 2. The van der Waals surface area contributed by atoms with E-state index in [1.54, 1.807) is 20.8 Å². The Kier molecular flexibility index (Phi) is 12.9. The van der Waals surface area contributed by atoms with Crippen LogP contribution in [0.5, 0.6) is 0 Å². The minimum atomic E-state index is -0.826. The Morgan fingerprint density at radius 1 is 1.27 bits per heavy atom. The van der Waals surface area contributed by atoms with E-state index < -0.39 is 5.60 Å². The summed E-state index contributed by atoms with van der Waals surface area (Å²) in [6.07, 6.45) is 7.10. The average Bonchev–Trinajstić information content (AvgIpc) is 2.57. The van der Waals surface area contributed by atoms with Crippen LogP contribution in [0.3, 0.4) is 0 Å². The van der Waals surface area contributed by atoms with E-state index in [4.69, 9.17) is 5.11 Å². The van der Waals surface area contributed by atoms with Crippen molar-refractivity contribution in [1.29, 1.82) is 0 Å². The fraction of sp³-hybridized carbons (Fsp3) is 0.680. The number of carbonyl (C=O) groups excluding carboxylic acids is 1. The highest BCUT2D eigenvalue weighted by molar-refractivity contribution is 9.10. The Balaban J connectivity index is 0.000000473. The van der Waals surface area contributed by atoms with Gasteiger partial charge in [-0.15, -0.1) is 0 Å². The fourth-order valence-electron chi connectivity index (χ4n) is 2.94. The molecule has 0 spiro atoms. The lowest BCUT2D eigenvalue weighted by molar-refractivity contribution is -0.122. The molecule has 3 nitrogen and oxygen atoms in total. The molecule has 0 aliphatic heterocycles. The summed E-state index contributed by atoms with van der Waals surface area (Å²) in [5.41, 5.74) is 2.19. The lowest BCUT2D eigenvalue weighted by Gasteiger charge is -2.33.